The molecule has 2 unspecified atom stereocenters. The number of carbonyl (C=O) groups is 1. The maximum atomic E-state index is 11.3. The number of likely N-dealkylation sites (N-methyl/N-ethyl adjacent to an activating group) is 1. The van der Waals surface area contributed by atoms with E-state index in [0.717, 1.165) is 23.2 Å². The lowest BCUT2D eigenvalue weighted by Crippen LogP contribution is -2.39. The van der Waals surface area contributed by atoms with Gasteiger partial charge in [0.05, 0.1) is 5.56 Å². The van der Waals surface area contributed by atoms with E-state index < -0.39 is 5.97 Å². The van der Waals surface area contributed by atoms with E-state index >= 15 is 0 Å². The number of nitrogens with zero attached hydrogens (tertiary/aromatic N) is 1. The predicted octanol–water partition coefficient (Wildman–Crippen LogP) is 3.12. The molecule has 3 rings (SSSR count). The lowest BCUT2D eigenvalue weighted by atomic mass is 9.81. The third-order valence-corrected chi connectivity index (χ3v) is 4.89. The van der Waals surface area contributed by atoms with Crippen LogP contribution in [0.25, 0.3) is 0 Å². The summed E-state index contributed by atoms with van der Waals surface area (Å²) in [5, 5.41) is 9.94. The van der Waals surface area contributed by atoms with Crippen molar-refractivity contribution in [1.82, 2.24) is 4.90 Å². The number of hydrogen-bond donors (Lipinski definition) is 2. The zero-order valence-electron chi connectivity index (χ0n) is 12.9. The second kappa shape index (κ2) is 6.32. The summed E-state index contributed by atoms with van der Waals surface area (Å²) in [6.45, 7) is 1.27. The SMILES string of the molecule is CN1CC(c2cccc(C(=O)O)c2)c2c(Cl)cccc2C1CN. The quantitative estimate of drug-likeness (QED) is 0.907. The van der Waals surface area contributed by atoms with Crippen LogP contribution in [-0.2, 0) is 0 Å². The van der Waals surface area contributed by atoms with Gasteiger partial charge in [0.15, 0.2) is 0 Å². The summed E-state index contributed by atoms with van der Waals surface area (Å²) in [7, 11) is 2.04. The van der Waals surface area contributed by atoms with E-state index in [9.17, 15) is 9.90 Å². The van der Waals surface area contributed by atoms with Gasteiger partial charge in [-0.25, -0.2) is 4.79 Å². The van der Waals surface area contributed by atoms with Crippen LogP contribution < -0.4 is 5.73 Å². The van der Waals surface area contributed by atoms with E-state index in [1.165, 1.54) is 0 Å². The summed E-state index contributed by atoms with van der Waals surface area (Å²) < 4.78 is 0. The maximum Gasteiger partial charge on any atom is 0.335 e. The van der Waals surface area contributed by atoms with Crippen molar-refractivity contribution < 1.29 is 9.90 Å². The van der Waals surface area contributed by atoms with Gasteiger partial charge in [0.25, 0.3) is 0 Å². The Morgan fingerprint density at radius 1 is 1.35 bits per heavy atom. The van der Waals surface area contributed by atoms with Gasteiger partial charge in [-0.15, -0.1) is 0 Å². The molecule has 0 spiro atoms. The first-order valence-electron chi connectivity index (χ1n) is 7.54. The molecule has 23 heavy (non-hydrogen) atoms. The highest BCUT2D eigenvalue weighted by atomic mass is 35.5. The van der Waals surface area contributed by atoms with Gasteiger partial charge in [-0.1, -0.05) is 35.9 Å². The molecule has 0 saturated heterocycles. The molecule has 1 aliphatic heterocycles. The number of carboxylic acids is 1. The van der Waals surface area contributed by atoms with Gasteiger partial charge < -0.3 is 10.8 Å². The van der Waals surface area contributed by atoms with Crippen molar-refractivity contribution >= 4 is 17.6 Å². The van der Waals surface area contributed by atoms with E-state index in [2.05, 4.69) is 11.0 Å². The molecule has 120 valence electrons. The van der Waals surface area contributed by atoms with Gasteiger partial charge >= 0.3 is 5.97 Å². The minimum Gasteiger partial charge on any atom is -0.478 e. The first kappa shape index (κ1) is 16.0. The van der Waals surface area contributed by atoms with Crippen molar-refractivity contribution in [3.63, 3.8) is 0 Å². The summed E-state index contributed by atoms with van der Waals surface area (Å²) in [5.74, 6) is -0.888. The second-order valence-electron chi connectivity index (χ2n) is 5.92. The Kier molecular flexibility index (Phi) is 4.39. The van der Waals surface area contributed by atoms with Crippen LogP contribution in [0.1, 0.15) is 39.0 Å². The fourth-order valence-corrected chi connectivity index (χ4v) is 3.74. The fourth-order valence-electron chi connectivity index (χ4n) is 3.42. The monoisotopic (exact) mass is 330 g/mol. The first-order chi connectivity index (χ1) is 11.0. The van der Waals surface area contributed by atoms with Gasteiger partial charge in [-0.2, -0.15) is 0 Å². The summed E-state index contributed by atoms with van der Waals surface area (Å²) in [5.41, 5.74) is 9.38. The van der Waals surface area contributed by atoms with E-state index in [0.29, 0.717) is 17.1 Å². The first-order valence-corrected chi connectivity index (χ1v) is 7.92. The van der Waals surface area contributed by atoms with Crippen molar-refractivity contribution in [3.8, 4) is 0 Å². The van der Waals surface area contributed by atoms with Gasteiger partial charge in [0.1, 0.15) is 0 Å². The number of fused-ring (bicyclic) bond motifs is 1. The highest BCUT2D eigenvalue weighted by molar-refractivity contribution is 6.31. The number of hydrogen-bond acceptors (Lipinski definition) is 3. The minimum atomic E-state index is -0.921. The van der Waals surface area contributed by atoms with E-state index in [1.54, 1.807) is 18.2 Å². The number of halogens is 1. The van der Waals surface area contributed by atoms with Gasteiger partial charge in [0.2, 0.25) is 0 Å². The van der Waals surface area contributed by atoms with Crippen molar-refractivity contribution in [2.45, 2.75) is 12.0 Å². The number of nitrogens with two attached hydrogens (primary N) is 1. The van der Waals surface area contributed by atoms with Crippen LogP contribution in [0.2, 0.25) is 5.02 Å². The van der Waals surface area contributed by atoms with Gasteiger partial charge in [0, 0.05) is 30.1 Å². The number of aromatic carboxylic acids is 1. The van der Waals surface area contributed by atoms with Crippen molar-refractivity contribution in [2.75, 3.05) is 20.1 Å². The molecule has 0 fully saturated rings. The van der Waals surface area contributed by atoms with Gasteiger partial charge in [-0.05, 0) is 41.9 Å². The number of benzene rings is 2. The van der Waals surface area contributed by atoms with Crippen LogP contribution >= 0.6 is 11.6 Å². The molecule has 2 aromatic carbocycles. The molecule has 0 amide bonds. The smallest absolute Gasteiger partial charge is 0.335 e. The van der Waals surface area contributed by atoms with Crippen LogP contribution in [0, 0.1) is 0 Å². The maximum absolute atomic E-state index is 11.3. The molecule has 0 bridgehead atoms. The predicted molar refractivity (Wildman–Crippen MR) is 91.1 cm³/mol. The summed E-state index contributed by atoms with van der Waals surface area (Å²) in [4.78, 5) is 13.5. The third kappa shape index (κ3) is 2.85. The average molecular weight is 331 g/mol. The molecule has 5 heteroatoms. The molecule has 2 atom stereocenters. The van der Waals surface area contributed by atoms with Crippen LogP contribution in [0.15, 0.2) is 42.5 Å². The number of rotatable bonds is 3. The Labute approximate surface area is 140 Å². The zero-order chi connectivity index (χ0) is 16.6. The molecular weight excluding hydrogens is 312 g/mol. The minimum absolute atomic E-state index is 0.0331. The molecule has 0 saturated carbocycles. The van der Waals surface area contributed by atoms with Crippen LogP contribution in [-0.4, -0.2) is 36.1 Å². The van der Waals surface area contributed by atoms with Crippen LogP contribution in [0.4, 0.5) is 0 Å². The molecule has 0 radical (unpaired) electrons. The summed E-state index contributed by atoms with van der Waals surface area (Å²) in [6.07, 6.45) is 0. The molecule has 0 aliphatic carbocycles. The van der Waals surface area contributed by atoms with E-state index in [1.807, 2.05) is 25.2 Å². The molecule has 1 aliphatic rings. The van der Waals surface area contributed by atoms with Crippen molar-refractivity contribution in [1.29, 1.82) is 0 Å². The Morgan fingerprint density at radius 2 is 2.09 bits per heavy atom. The third-order valence-electron chi connectivity index (χ3n) is 4.56. The largest absolute Gasteiger partial charge is 0.478 e. The highest BCUT2D eigenvalue weighted by Crippen LogP contribution is 2.41. The topological polar surface area (TPSA) is 66.6 Å². The Hall–Kier alpha value is -1.88. The Morgan fingerprint density at radius 3 is 2.78 bits per heavy atom. The molecule has 0 aromatic heterocycles. The molecule has 2 aromatic rings. The van der Waals surface area contributed by atoms with Gasteiger partial charge in [-0.3, -0.25) is 4.90 Å². The summed E-state index contributed by atoms with van der Waals surface area (Å²) >= 11 is 6.48. The molecule has 4 nitrogen and oxygen atoms in total. The fraction of sp³-hybridized carbons (Fsp3) is 0.278. The van der Waals surface area contributed by atoms with Crippen LogP contribution in [0.5, 0.6) is 0 Å². The Bertz CT molecular complexity index is 748. The normalized spacial score (nSPS) is 21.0. The molecular formula is C18H19ClN2O2. The van der Waals surface area contributed by atoms with E-state index in [4.69, 9.17) is 17.3 Å². The Balaban J connectivity index is 2.14. The van der Waals surface area contributed by atoms with Crippen LogP contribution in [0.3, 0.4) is 0 Å². The van der Waals surface area contributed by atoms with Crippen molar-refractivity contribution in [2.24, 2.45) is 5.73 Å². The zero-order valence-corrected chi connectivity index (χ0v) is 13.6. The molecule has 3 N–H and O–H groups in total. The standard InChI is InChI=1S/C18H19ClN2O2/c1-21-10-14(11-4-2-5-12(8-11)18(22)23)17-13(16(21)9-20)6-3-7-15(17)19/h2-8,14,16H,9-10,20H2,1H3,(H,22,23). The average Bonchev–Trinajstić information content (AvgIpc) is 2.54. The lowest BCUT2D eigenvalue weighted by molar-refractivity contribution is 0.0696. The lowest BCUT2D eigenvalue weighted by Gasteiger charge is -2.39. The van der Waals surface area contributed by atoms with E-state index in [-0.39, 0.29) is 12.0 Å². The van der Waals surface area contributed by atoms with Crippen molar-refractivity contribution in [3.05, 3.63) is 69.7 Å². The molecule has 1 heterocycles. The second-order valence-corrected chi connectivity index (χ2v) is 6.32. The summed E-state index contributed by atoms with van der Waals surface area (Å²) in [6, 6.07) is 13.1. The number of carboxylic acid groups (broad SMARTS) is 1. The highest BCUT2D eigenvalue weighted by Gasteiger charge is 2.32.